The minimum Gasteiger partial charge on any atom is -0.497 e. The van der Waals surface area contributed by atoms with E-state index in [1.165, 1.54) is 6.07 Å². The van der Waals surface area contributed by atoms with Crippen LogP contribution in [-0.4, -0.2) is 21.4 Å². The molecular formula is C36H33N3O4S. The third-order valence-electron chi connectivity index (χ3n) is 7.78. The molecule has 1 heterocycles. The van der Waals surface area contributed by atoms with Gasteiger partial charge >= 0.3 is 0 Å². The summed E-state index contributed by atoms with van der Waals surface area (Å²) in [4.78, 5) is 18.5. The molecule has 0 saturated carbocycles. The molecule has 1 N–H and O–H groups in total. The van der Waals surface area contributed by atoms with Crippen LogP contribution in [0.1, 0.15) is 38.8 Å². The third-order valence-corrected chi connectivity index (χ3v) is 9.16. The number of fused-ring (bicyclic) bond motifs is 1. The van der Waals surface area contributed by atoms with Gasteiger partial charge in [-0.3, -0.25) is 14.4 Å². The summed E-state index contributed by atoms with van der Waals surface area (Å²) < 4.78 is 35.3. The smallest absolute Gasteiger partial charge is 0.262 e. The largest absolute Gasteiger partial charge is 0.497 e. The molecular weight excluding hydrogens is 570 g/mol. The number of benzene rings is 5. The zero-order valence-electron chi connectivity index (χ0n) is 24.8. The summed E-state index contributed by atoms with van der Waals surface area (Å²) in [5.74, 6) is 0.376. The molecule has 1 atom stereocenters. The number of carbonyl (C=O) groups excluding carboxylic acids is 1. The van der Waals surface area contributed by atoms with Crippen LogP contribution in [-0.2, 0) is 16.6 Å². The Morgan fingerprint density at radius 3 is 2.14 bits per heavy atom. The highest BCUT2D eigenvalue weighted by Gasteiger charge is 2.40. The fourth-order valence-corrected chi connectivity index (χ4v) is 6.58. The van der Waals surface area contributed by atoms with E-state index in [-0.39, 0.29) is 10.8 Å². The molecule has 44 heavy (non-hydrogen) atoms. The van der Waals surface area contributed by atoms with Gasteiger partial charge in [0, 0.05) is 17.9 Å². The molecule has 0 saturated heterocycles. The number of ether oxygens (including phenoxy) is 1. The van der Waals surface area contributed by atoms with Gasteiger partial charge in [-0.15, -0.1) is 0 Å². The van der Waals surface area contributed by atoms with E-state index in [9.17, 15) is 13.2 Å². The van der Waals surface area contributed by atoms with E-state index < -0.39 is 16.2 Å². The molecule has 5 aromatic carbocycles. The first-order chi connectivity index (χ1) is 21.2. The van der Waals surface area contributed by atoms with E-state index in [1.54, 1.807) is 36.3 Å². The van der Waals surface area contributed by atoms with Crippen molar-refractivity contribution in [3.05, 3.63) is 149 Å². The molecule has 222 valence electrons. The van der Waals surface area contributed by atoms with Crippen molar-refractivity contribution in [1.82, 2.24) is 0 Å². The maximum absolute atomic E-state index is 14.6. The summed E-state index contributed by atoms with van der Waals surface area (Å²) in [6, 6.07) is 37.4. The lowest BCUT2D eigenvalue weighted by molar-refractivity contribution is 0.0968. The van der Waals surface area contributed by atoms with Crippen LogP contribution >= 0.6 is 0 Å². The van der Waals surface area contributed by atoms with Crippen molar-refractivity contribution in [3.63, 3.8) is 0 Å². The topological polar surface area (TPSA) is 79.0 Å². The first-order valence-corrected chi connectivity index (χ1v) is 15.8. The molecule has 0 aromatic heterocycles. The van der Waals surface area contributed by atoms with E-state index in [2.05, 4.69) is 9.62 Å². The number of amides is 1. The lowest BCUT2D eigenvalue weighted by Crippen LogP contribution is -2.49. The van der Waals surface area contributed by atoms with Crippen molar-refractivity contribution in [2.24, 2.45) is 0 Å². The van der Waals surface area contributed by atoms with E-state index in [0.717, 1.165) is 22.3 Å². The van der Waals surface area contributed by atoms with Gasteiger partial charge in [0.1, 0.15) is 11.9 Å². The zero-order chi connectivity index (χ0) is 30.8. The minimum absolute atomic E-state index is 0.00789. The van der Waals surface area contributed by atoms with Crippen LogP contribution in [0, 0.1) is 13.8 Å². The summed E-state index contributed by atoms with van der Waals surface area (Å²) in [6.45, 7) is 4.41. The number of nitrogens with zero attached hydrogens (tertiary/aromatic N) is 2. The number of methoxy groups -OCH3 is 1. The van der Waals surface area contributed by atoms with E-state index in [4.69, 9.17) is 4.74 Å². The van der Waals surface area contributed by atoms with Crippen molar-refractivity contribution >= 4 is 33.0 Å². The van der Waals surface area contributed by atoms with E-state index >= 15 is 0 Å². The average Bonchev–Trinajstić information content (AvgIpc) is 3.04. The summed E-state index contributed by atoms with van der Waals surface area (Å²) >= 11 is 0. The van der Waals surface area contributed by atoms with E-state index in [1.807, 2.05) is 105 Å². The highest BCUT2D eigenvalue weighted by Crippen LogP contribution is 2.43. The maximum Gasteiger partial charge on any atom is 0.262 e. The van der Waals surface area contributed by atoms with Gasteiger partial charge in [0.2, 0.25) is 0 Å². The number of aryl methyl sites for hydroxylation is 2. The molecule has 0 radical (unpaired) electrons. The molecule has 8 heteroatoms. The van der Waals surface area contributed by atoms with Gasteiger partial charge in [-0.05, 0) is 79.6 Å². The normalized spacial score (nSPS) is 14.7. The van der Waals surface area contributed by atoms with Crippen LogP contribution in [0.3, 0.4) is 0 Å². The lowest BCUT2D eigenvalue weighted by atomic mass is 9.98. The van der Waals surface area contributed by atoms with Crippen LogP contribution in [0.4, 0.5) is 17.1 Å². The van der Waals surface area contributed by atoms with Crippen molar-refractivity contribution in [1.29, 1.82) is 0 Å². The summed E-state index contributed by atoms with van der Waals surface area (Å²) in [5.41, 5.74) is 6.07. The molecule has 1 amide bonds. The first-order valence-electron chi connectivity index (χ1n) is 14.3. The fourth-order valence-electron chi connectivity index (χ4n) is 5.50. The van der Waals surface area contributed by atoms with E-state index in [0.29, 0.717) is 34.9 Å². The van der Waals surface area contributed by atoms with Gasteiger partial charge in [0.05, 0.1) is 23.3 Å². The van der Waals surface area contributed by atoms with Crippen LogP contribution in [0.15, 0.2) is 126 Å². The van der Waals surface area contributed by atoms with Crippen LogP contribution in [0.25, 0.3) is 0 Å². The number of hydrogen-bond donors (Lipinski definition) is 1. The number of sulfonamides is 1. The maximum atomic E-state index is 14.6. The monoisotopic (exact) mass is 603 g/mol. The minimum atomic E-state index is -3.98. The Balaban J connectivity index is 1.53. The molecule has 7 nitrogen and oxygen atoms in total. The highest BCUT2D eigenvalue weighted by atomic mass is 32.2. The van der Waals surface area contributed by atoms with Crippen LogP contribution in [0.5, 0.6) is 5.75 Å². The Bertz CT molecular complexity index is 1910. The molecule has 1 aliphatic heterocycles. The Kier molecular flexibility index (Phi) is 7.84. The van der Waals surface area contributed by atoms with Gasteiger partial charge in [-0.1, -0.05) is 77.9 Å². The van der Waals surface area contributed by atoms with Crippen molar-refractivity contribution < 1.29 is 17.9 Å². The fraction of sp³-hybridized carbons (Fsp3) is 0.139. The molecule has 0 unspecified atom stereocenters. The summed E-state index contributed by atoms with van der Waals surface area (Å²) in [5, 5.41) is 0. The molecule has 1 aliphatic rings. The summed E-state index contributed by atoms with van der Waals surface area (Å²) in [7, 11) is -2.36. The predicted molar refractivity (Wildman–Crippen MR) is 175 cm³/mol. The molecule has 0 fully saturated rings. The number of anilines is 3. The molecule has 5 aromatic rings. The highest BCUT2D eigenvalue weighted by molar-refractivity contribution is 7.92. The van der Waals surface area contributed by atoms with Crippen LogP contribution in [0.2, 0.25) is 0 Å². The number of carbonyl (C=O) groups is 1. The van der Waals surface area contributed by atoms with Gasteiger partial charge in [0.25, 0.3) is 15.9 Å². The van der Waals surface area contributed by atoms with Gasteiger partial charge in [-0.2, -0.15) is 0 Å². The molecule has 0 bridgehead atoms. The van der Waals surface area contributed by atoms with Crippen molar-refractivity contribution in [2.45, 2.75) is 31.5 Å². The predicted octanol–water partition coefficient (Wildman–Crippen LogP) is 7.48. The third kappa shape index (κ3) is 5.76. The molecule has 6 rings (SSSR count). The average molecular weight is 604 g/mol. The zero-order valence-corrected chi connectivity index (χ0v) is 25.6. The van der Waals surface area contributed by atoms with Gasteiger partial charge in [-0.25, -0.2) is 8.42 Å². The molecule has 0 aliphatic carbocycles. The Hall–Kier alpha value is -5.08. The standard InChI is InChI=1S/C36H33N3O4S/c1-25-12-16-29(17-13-25)37-44(41,42)32-20-21-34-33(23-32)36(40)39(30-18-14-26(2)15-19-30)35(28-10-7-11-31(22-28)43-3)38(34)24-27-8-5-4-6-9-27/h4-23,35,37H,24H2,1-3H3/t35-/m1/s1. The number of rotatable bonds is 8. The Morgan fingerprint density at radius 2 is 1.45 bits per heavy atom. The lowest BCUT2D eigenvalue weighted by Gasteiger charge is -2.46. The number of hydrogen-bond acceptors (Lipinski definition) is 5. The quantitative estimate of drug-likeness (QED) is 0.199. The second-order valence-corrected chi connectivity index (χ2v) is 12.6. The Morgan fingerprint density at radius 1 is 0.773 bits per heavy atom. The molecule has 0 spiro atoms. The second kappa shape index (κ2) is 11.9. The number of nitrogens with one attached hydrogen (secondary N) is 1. The second-order valence-electron chi connectivity index (χ2n) is 10.9. The SMILES string of the molecule is COc1cccc([C@@H]2N(Cc3ccccc3)c3ccc(S(=O)(=O)Nc4ccc(C)cc4)cc3C(=O)N2c2ccc(C)cc2)c1. The summed E-state index contributed by atoms with van der Waals surface area (Å²) in [6.07, 6.45) is -0.541. The Labute approximate surface area is 258 Å². The van der Waals surface area contributed by atoms with Crippen molar-refractivity contribution in [3.8, 4) is 5.75 Å². The van der Waals surface area contributed by atoms with Crippen LogP contribution < -0.4 is 19.3 Å². The first kappa shape index (κ1) is 29.0. The van der Waals surface area contributed by atoms with Gasteiger partial charge < -0.3 is 9.64 Å². The van der Waals surface area contributed by atoms with Gasteiger partial charge in [0.15, 0.2) is 0 Å². The van der Waals surface area contributed by atoms with Crippen molar-refractivity contribution in [2.75, 3.05) is 21.6 Å².